The summed E-state index contributed by atoms with van der Waals surface area (Å²) in [5, 5.41) is 0. The quantitative estimate of drug-likeness (QED) is 0.489. The molecule has 0 aliphatic heterocycles. The fourth-order valence-electron chi connectivity index (χ4n) is 0.583. The number of ketones is 1. The van der Waals surface area contributed by atoms with Crippen molar-refractivity contribution in [3.8, 4) is 0 Å². The maximum Gasteiger partial charge on any atom is 0.330 e. The molecule has 0 amide bonds. The average molecular weight is 226 g/mol. The minimum absolute atomic E-state index is 0. The van der Waals surface area contributed by atoms with E-state index in [0.717, 1.165) is 14.2 Å². The van der Waals surface area contributed by atoms with Crippen LogP contribution in [0.3, 0.4) is 0 Å². The number of halogens is 1. The highest BCUT2D eigenvalue weighted by molar-refractivity contribution is 6.08. The Labute approximate surface area is 87.1 Å². The largest absolute Gasteiger partial charge is 0.469 e. The number of methoxy groups -OCH3 is 2. The van der Waals surface area contributed by atoms with Crippen LogP contribution >= 0.6 is 12.4 Å². The lowest BCUT2D eigenvalue weighted by molar-refractivity contribution is -0.147. The molecule has 0 aromatic rings. The number of rotatable bonds is 4. The highest BCUT2D eigenvalue weighted by Gasteiger charge is 2.24. The Hall–Kier alpha value is -1.14. The molecule has 0 aliphatic rings. The molecule has 0 unspecified atom stereocenters. The van der Waals surface area contributed by atoms with E-state index in [9.17, 15) is 14.4 Å². The van der Waals surface area contributed by atoms with Gasteiger partial charge in [0, 0.05) is 0 Å². The first-order valence-electron chi connectivity index (χ1n) is 3.45. The van der Waals surface area contributed by atoms with E-state index in [1.54, 1.807) is 0 Å². The van der Waals surface area contributed by atoms with Gasteiger partial charge in [0.05, 0.1) is 14.2 Å². The number of Topliss-reactive ketones (excluding diaryl/α,β-unsaturated/α-hetero) is 1. The van der Waals surface area contributed by atoms with Gasteiger partial charge in [0.15, 0.2) is 11.8 Å². The summed E-state index contributed by atoms with van der Waals surface area (Å²) in [5.41, 5.74) is 5.14. The van der Waals surface area contributed by atoms with Crippen LogP contribution in [0.2, 0.25) is 0 Å². The molecule has 0 saturated carbocycles. The third kappa shape index (κ3) is 4.78. The molecule has 0 fully saturated rings. The van der Waals surface area contributed by atoms with Crippen LogP contribution in [0.5, 0.6) is 0 Å². The molecule has 0 rings (SSSR count). The predicted octanol–water partition coefficient (Wildman–Crippen LogP) is -0.959. The number of carbonyl (C=O) groups is 3. The zero-order valence-electron chi connectivity index (χ0n) is 7.81. The molecule has 0 aliphatic carbocycles. The Morgan fingerprint density at radius 1 is 1.21 bits per heavy atom. The summed E-state index contributed by atoms with van der Waals surface area (Å²) in [6, 6.07) is -1.41. The maximum absolute atomic E-state index is 11.0. The third-order valence-electron chi connectivity index (χ3n) is 1.35. The first-order chi connectivity index (χ1) is 6.02. The van der Waals surface area contributed by atoms with E-state index in [2.05, 4.69) is 9.47 Å². The Bertz CT molecular complexity index is 230. The van der Waals surface area contributed by atoms with E-state index >= 15 is 0 Å². The lowest BCUT2D eigenvalue weighted by Gasteiger charge is -2.06. The van der Waals surface area contributed by atoms with E-state index in [4.69, 9.17) is 5.73 Å². The zero-order valence-corrected chi connectivity index (χ0v) is 8.63. The van der Waals surface area contributed by atoms with Gasteiger partial charge >= 0.3 is 11.9 Å². The number of carbonyl (C=O) groups excluding carboxylic acids is 3. The summed E-state index contributed by atoms with van der Waals surface area (Å²) in [7, 11) is 2.24. The molecule has 7 heteroatoms. The molecule has 0 spiro atoms. The minimum atomic E-state index is -1.41. The van der Waals surface area contributed by atoms with Gasteiger partial charge in [0.25, 0.3) is 0 Å². The highest BCUT2D eigenvalue weighted by atomic mass is 35.5. The van der Waals surface area contributed by atoms with Crippen molar-refractivity contribution in [2.24, 2.45) is 5.73 Å². The van der Waals surface area contributed by atoms with Crippen LogP contribution in [0.15, 0.2) is 0 Å². The molecule has 0 radical (unpaired) electrons. The molecule has 0 heterocycles. The van der Waals surface area contributed by atoms with Crippen molar-refractivity contribution in [2.75, 3.05) is 14.2 Å². The highest BCUT2D eigenvalue weighted by Crippen LogP contribution is 1.93. The van der Waals surface area contributed by atoms with Crippen molar-refractivity contribution in [2.45, 2.75) is 12.5 Å². The summed E-state index contributed by atoms with van der Waals surface area (Å²) >= 11 is 0. The minimum Gasteiger partial charge on any atom is -0.469 e. The van der Waals surface area contributed by atoms with Gasteiger partial charge in [-0.05, 0) is 0 Å². The van der Waals surface area contributed by atoms with Crippen LogP contribution in [-0.2, 0) is 23.9 Å². The van der Waals surface area contributed by atoms with Gasteiger partial charge in [-0.3, -0.25) is 9.59 Å². The van der Waals surface area contributed by atoms with Crippen molar-refractivity contribution >= 4 is 30.1 Å². The topological polar surface area (TPSA) is 95.7 Å². The van der Waals surface area contributed by atoms with Crippen LogP contribution in [0.1, 0.15) is 6.42 Å². The van der Waals surface area contributed by atoms with Crippen molar-refractivity contribution in [3.63, 3.8) is 0 Å². The predicted molar refractivity (Wildman–Crippen MR) is 48.9 cm³/mol. The number of ether oxygens (including phenoxy) is 2. The third-order valence-corrected chi connectivity index (χ3v) is 1.35. The second-order valence-corrected chi connectivity index (χ2v) is 2.22. The van der Waals surface area contributed by atoms with Gasteiger partial charge in [-0.2, -0.15) is 0 Å². The van der Waals surface area contributed by atoms with E-state index in [1.807, 2.05) is 0 Å². The summed E-state index contributed by atoms with van der Waals surface area (Å²) in [5.74, 6) is -2.32. The lowest BCUT2D eigenvalue weighted by Crippen LogP contribution is -2.40. The molecule has 0 aromatic heterocycles. The van der Waals surface area contributed by atoms with E-state index < -0.39 is 30.2 Å². The van der Waals surface area contributed by atoms with Gasteiger partial charge < -0.3 is 15.2 Å². The SMILES string of the molecule is COC(=O)CC(=O)[C@H](N)C(=O)OC.Cl. The molecule has 14 heavy (non-hydrogen) atoms. The molecule has 82 valence electrons. The molecule has 1 atom stereocenters. The number of hydrogen-bond acceptors (Lipinski definition) is 6. The second kappa shape index (κ2) is 7.28. The monoisotopic (exact) mass is 225 g/mol. The van der Waals surface area contributed by atoms with Crippen molar-refractivity contribution in [1.29, 1.82) is 0 Å². The standard InChI is InChI=1S/C7H11NO5.ClH/c1-12-5(10)3-4(9)6(8)7(11)13-2;/h6H,3,8H2,1-2H3;1H/t6-;/m0./s1. The molecular weight excluding hydrogens is 214 g/mol. The van der Waals surface area contributed by atoms with Crippen LogP contribution < -0.4 is 5.73 Å². The van der Waals surface area contributed by atoms with Crippen molar-refractivity contribution in [3.05, 3.63) is 0 Å². The molecule has 6 nitrogen and oxygen atoms in total. The first-order valence-corrected chi connectivity index (χ1v) is 3.45. The summed E-state index contributed by atoms with van der Waals surface area (Å²) in [6.07, 6.45) is -0.521. The van der Waals surface area contributed by atoms with E-state index in [-0.39, 0.29) is 12.4 Å². The molecule has 0 aromatic carbocycles. The smallest absolute Gasteiger partial charge is 0.330 e. The van der Waals surface area contributed by atoms with Crippen LogP contribution in [0, 0.1) is 0 Å². The summed E-state index contributed by atoms with van der Waals surface area (Å²) in [4.78, 5) is 32.3. The van der Waals surface area contributed by atoms with Crippen molar-refractivity contribution < 1.29 is 23.9 Å². The fraction of sp³-hybridized carbons (Fsp3) is 0.571. The second-order valence-electron chi connectivity index (χ2n) is 2.22. The van der Waals surface area contributed by atoms with Gasteiger partial charge in [0.2, 0.25) is 0 Å². The molecular formula is C7H12ClNO5. The van der Waals surface area contributed by atoms with Gasteiger partial charge in [0.1, 0.15) is 6.42 Å². The molecule has 0 saturated heterocycles. The molecule has 0 bridgehead atoms. The van der Waals surface area contributed by atoms with E-state index in [1.165, 1.54) is 0 Å². The Morgan fingerprint density at radius 3 is 2.07 bits per heavy atom. The fourth-order valence-corrected chi connectivity index (χ4v) is 0.583. The number of hydrogen-bond donors (Lipinski definition) is 1. The zero-order chi connectivity index (χ0) is 10.4. The molecule has 2 N–H and O–H groups in total. The van der Waals surface area contributed by atoms with Gasteiger partial charge in [-0.25, -0.2) is 4.79 Å². The Morgan fingerprint density at radius 2 is 1.71 bits per heavy atom. The Balaban J connectivity index is 0. The van der Waals surface area contributed by atoms with Crippen LogP contribution in [-0.4, -0.2) is 38.0 Å². The summed E-state index contributed by atoms with van der Waals surface area (Å²) in [6.45, 7) is 0. The lowest BCUT2D eigenvalue weighted by atomic mass is 10.1. The van der Waals surface area contributed by atoms with Crippen LogP contribution in [0.4, 0.5) is 0 Å². The number of esters is 2. The normalized spacial score (nSPS) is 10.8. The number of nitrogens with two attached hydrogens (primary N) is 1. The first kappa shape index (κ1) is 15.3. The Kier molecular flexibility index (Phi) is 7.98. The van der Waals surface area contributed by atoms with Crippen molar-refractivity contribution in [1.82, 2.24) is 0 Å². The van der Waals surface area contributed by atoms with Crippen LogP contribution in [0.25, 0.3) is 0 Å². The van der Waals surface area contributed by atoms with E-state index in [0.29, 0.717) is 0 Å². The maximum atomic E-state index is 11.0. The average Bonchev–Trinajstić information content (AvgIpc) is 2.14. The van der Waals surface area contributed by atoms with Gasteiger partial charge in [-0.15, -0.1) is 12.4 Å². The van der Waals surface area contributed by atoms with Gasteiger partial charge in [-0.1, -0.05) is 0 Å². The summed E-state index contributed by atoms with van der Waals surface area (Å²) < 4.78 is 8.43.